The topological polar surface area (TPSA) is 138 Å². The molecule has 52 heavy (non-hydrogen) atoms. The predicted octanol–water partition coefficient (Wildman–Crippen LogP) is 5.77. The van der Waals surface area contributed by atoms with Crippen LogP contribution in [0.5, 0.6) is 28.7 Å². The second-order valence-electron chi connectivity index (χ2n) is 13.2. The molecule has 278 valence electrons. The summed E-state index contributed by atoms with van der Waals surface area (Å²) in [7, 11) is 9.33. The smallest absolute Gasteiger partial charge is 0.415 e. The highest BCUT2D eigenvalue weighted by molar-refractivity contribution is 6.07. The Kier molecular flexibility index (Phi) is 11.4. The van der Waals surface area contributed by atoms with Gasteiger partial charge in [-0.05, 0) is 93.0 Å². The number of methoxy groups -OCH3 is 5. The lowest BCUT2D eigenvalue weighted by Gasteiger charge is -2.35. The zero-order valence-electron chi connectivity index (χ0n) is 31.1. The van der Waals surface area contributed by atoms with Crippen molar-refractivity contribution in [3.05, 3.63) is 70.9 Å². The molecule has 3 aromatic rings. The second kappa shape index (κ2) is 15.7. The van der Waals surface area contributed by atoms with Crippen LogP contribution in [0.4, 0.5) is 21.0 Å². The van der Waals surface area contributed by atoms with Gasteiger partial charge in [-0.15, -0.1) is 0 Å². The van der Waals surface area contributed by atoms with Crippen LogP contribution in [-0.4, -0.2) is 102 Å². The fourth-order valence-corrected chi connectivity index (χ4v) is 6.06. The zero-order valence-corrected chi connectivity index (χ0v) is 31.1. The van der Waals surface area contributed by atoms with Gasteiger partial charge in [-0.2, -0.15) is 0 Å². The summed E-state index contributed by atoms with van der Waals surface area (Å²) in [5, 5.41) is 2.74. The SMILES string of the molecule is COC(=O)C1=C(c2cc(OC)c(OC)c(OC)c2)c2cc(OC)c(OC(=O)N3CCN(C)CC3)cc2CN1c1ccc(NC(=O)OC(C)(C)C)cc1. The van der Waals surface area contributed by atoms with E-state index < -0.39 is 23.8 Å². The molecule has 2 aliphatic rings. The number of anilines is 2. The van der Waals surface area contributed by atoms with E-state index in [0.717, 1.165) is 13.1 Å². The molecule has 5 rings (SSSR count). The number of nitrogens with one attached hydrogen (secondary N) is 1. The van der Waals surface area contributed by atoms with Crippen LogP contribution in [0.1, 0.15) is 37.5 Å². The fourth-order valence-electron chi connectivity index (χ4n) is 6.06. The van der Waals surface area contributed by atoms with Crippen LogP contribution in [0, 0.1) is 0 Å². The number of likely N-dealkylation sites (N-methyl/N-ethyl adjacent to an activating group) is 1. The minimum atomic E-state index is -0.672. The molecule has 0 aromatic heterocycles. The minimum Gasteiger partial charge on any atom is -0.493 e. The molecule has 0 unspecified atom stereocenters. The van der Waals surface area contributed by atoms with Gasteiger partial charge in [0.25, 0.3) is 0 Å². The molecule has 0 bridgehead atoms. The maximum atomic E-state index is 13.9. The van der Waals surface area contributed by atoms with E-state index in [9.17, 15) is 14.4 Å². The van der Waals surface area contributed by atoms with Gasteiger partial charge in [0.15, 0.2) is 23.0 Å². The summed E-state index contributed by atoms with van der Waals surface area (Å²) in [6.07, 6.45) is -1.08. The first-order valence-electron chi connectivity index (χ1n) is 16.7. The number of rotatable bonds is 9. The van der Waals surface area contributed by atoms with Crippen LogP contribution in [0.25, 0.3) is 5.57 Å². The summed E-state index contributed by atoms with van der Waals surface area (Å²) >= 11 is 0. The normalized spacial score (nSPS) is 14.6. The second-order valence-corrected chi connectivity index (χ2v) is 13.2. The summed E-state index contributed by atoms with van der Waals surface area (Å²) in [5.74, 6) is 1.02. The van der Waals surface area contributed by atoms with Crippen LogP contribution >= 0.6 is 0 Å². The number of nitrogens with zero attached hydrogens (tertiary/aromatic N) is 3. The van der Waals surface area contributed by atoms with Gasteiger partial charge >= 0.3 is 18.2 Å². The van der Waals surface area contributed by atoms with Crippen molar-refractivity contribution in [1.82, 2.24) is 9.80 Å². The van der Waals surface area contributed by atoms with E-state index in [0.29, 0.717) is 69.7 Å². The molecule has 3 aromatic carbocycles. The van der Waals surface area contributed by atoms with E-state index >= 15 is 0 Å². The third-order valence-electron chi connectivity index (χ3n) is 8.61. The molecule has 0 atom stereocenters. The number of carbonyl (C=O) groups excluding carboxylic acids is 3. The molecule has 0 radical (unpaired) electrons. The molecule has 2 aliphatic heterocycles. The van der Waals surface area contributed by atoms with Gasteiger partial charge in [0.2, 0.25) is 5.75 Å². The zero-order chi connectivity index (χ0) is 37.7. The number of hydrogen-bond acceptors (Lipinski definition) is 12. The lowest BCUT2D eigenvalue weighted by Crippen LogP contribution is -2.48. The van der Waals surface area contributed by atoms with Gasteiger partial charge in [-0.3, -0.25) is 5.32 Å². The summed E-state index contributed by atoms with van der Waals surface area (Å²) < 4.78 is 39.5. The molecular weight excluding hydrogens is 672 g/mol. The lowest BCUT2D eigenvalue weighted by molar-refractivity contribution is -0.136. The molecule has 1 fully saturated rings. The van der Waals surface area contributed by atoms with Crippen LogP contribution in [0.3, 0.4) is 0 Å². The van der Waals surface area contributed by atoms with E-state index in [4.69, 9.17) is 33.2 Å². The Morgan fingerprint density at radius 2 is 1.37 bits per heavy atom. The highest BCUT2D eigenvalue weighted by Gasteiger charge is 2.35. The Hall–Kier alpha value is -5.63. The van der Waals surface area contributed by atoms with Gasteiger partial charge in [0, 0.05) is 49.7 Å². The summed E-state index contributed by atoms with van der Waals surface area (Å²) in [5.41, 5.74) is 3.01. The Labute approximate surface area is 303 Å². The number of esters is 1. The van der Waals surface area contributed by atoms with Crippen molar-refractivity contribution in [1.29, 1.82) is 0 Å². The first-order valence-corrected chi connectivity index (χ1v) is 16.7. The lowest BCUT2D eigenvalue weighted by atomic mass is 9.87. The average molecular weight is 719 g/mol. The maximum absolute atomic E-state index is 13.9. The highest BCUT2D eigenvalue weighted by Crippen LogP contribution is 2.47. The van der Waals surface area contributed by atoms with E-state index in [-0.39, 0.29) is 18.0 Å². The Morgan fingerprint density at radius 1 is 0.750 bits per heavy atom. The standard InChI is InChI=1S/C38H46N4O10/c1-38(2,3)52-36(44)39-25-10-12-26(13-11-25)42-22-24-20-29(51-37(45)41-16-14-40(4)15-17-41)28(46-5)21-27(24)32(33(42)35(43)50-9)23-18-30(47-6)34(49-8)31(19-23)48-7/h10-13,18-21H,14-17,22H2,1-9H3,(H,39,44). The first kappa shape index (κ1) is 37.6. The minimum absolute atomic E-state index is 0.176. The number of carbonyl (C=O) groups is 3. The third-order valence-corrected chi connectivity index (χ3v) is 8.61. The fraction of sp³-hybridized carbons (Fsp3) is 0.395. The molecule has 14 nitrogen and oxygen atoms in total. The van der Waals surface area contributed by atoms with Crippen LogP contribution in [0.15, 0.2) is 54.2 Å². The summed E-state index contributed by atoms with van der Waals surface area (Å²) in [4.78, 5) is 45.3. The van der Waals surface area contributed by atoms with Crippen LogP contribution in [-0.2, 0) is 20.8 Å². The Balaban J connectivity index is 1.67. The van der Waals surface area contributed by atoms with Crippen LogP contribution < -0.4 is 33.9 Å². The van der Waals surface area contributed by atoms with Crippen molar-refractivity contribution in [2.24, 2.45) is 0 Å². The molecule has 2 amide bonds. The van der Waals surface area contributed by atoms with Crippen molar-refractivity contribution < 1.29 is 47.5 Å². The monoisotopic (exact) mass is 718 g/mol. The molecule has 1 saturated heterocycles. The third kappa shape index (κ3) is 8.12. The number of ether oxygens (including phenoxy) is 7. The van der Waals surface area contributed by atoms with E-state index in [1.165, 1.54) is 35.5 Å². The van der Waals surface area contributed by atoms with Crippen molar-refractivity contribution in [3.63, 3.8) is 0 Å². The predicted molar refractivity (Wildman–Crippen MR) is 195 cm³/mol. The molecule has 14 heteroatoms. The highest BCUT2D eigenvalue weighted by atomic mass is 16.6. The van der Waals surface area contributed by atoms with Gasteiger partial charge in [-0.25, -0.2) is 14.4 Å². The summed E-state index contributed by atoms with van der Waals surface area (Å²) in [6.45, 7) is 8.06. The number of benzene rings is 3. The number of amides is 2. The number of hydrogen-bond donors (Lipinski definition) is 1. The van der Waals surface area contributed by atoms with E-state index in [1.807, 2.05) is 7.05 Å². The molecule has 0 spiro atoms. The van der Waals surface area contributed by atoms with Crippen LogP contribution in [0.2, 0.25) is 0 Å². The molecule has 0 aliphatic carbocycles. The Morgan fingerprint density at radius 3 is 1.90 bits per heavy atom. The van der Waals surface area contributed by atoms with Crippen molar-refractivity contribution >= 4 is 35.1 Å². The number of fused-ring (bicyclic) bond motifs is 1. The van der Waals surface area contributed by atoms with E-state index in [1.54, 1.807) is 79.1 Å². The maximum Gasteiger partial charge on any atom is 0.415 e. The van der Waals surface area contributed by atoms with Crippen molar-refractivity contribution in [3.8, 4) is 28.7 Å². The van der Waals surface area contributed by atoms with Gasteiger partial charge < -0.3 is 47.9 Å². The molecule has 0 saturated carbocycles. The molecule has 2 heterocycles. The molecular formula is C38H46N4O10. The van der Waals surface area contributed by atoms with Crippen molar-refractivity contribution in [2.75, 3.05) is 79.0 Å². The van der Waals surface area contributed by atoms with Gasteiger partial charge in [0.1, 0.15) is 11.3 Å². The number of piperazine rings is 1. The quantitative estimate of drug-likeness (QED) is 0.269. The van der Waals surface area contributed by atoms with E-state index in [2.05, 4.69) is 10.2 Å². The Bertz CT molecular complexity index is 1820. The molecule has 1 N–H and O–H groups in total. The largest absolute Gasteiger partial charge is 0.493 e. The average Bonchev–Trinajstić information content (AvgIpc) is 3.12. The first-order chi connectivity index (χ1) is 24.8. The summed E-state index contributed by atoms with van der Waals surface area (Å²) in [6, 6.07) is 13.9. The van der Waals surface area contributed by atoms with Gasteiger partial charge in [0.05, 0.1) is 35.5 Å². The van der Waals surface area contributed by atoms with Gasteiger partial charge in [-0.1, -0.05) is 0 Å². The van der Waals surface area contributed by atoms with Crippen molar-refractivity contribution in [2.45, 2.75) is 32.9 Å².